The third-order valence-corrected chi connectivity index (χ3v) is 4.11. The van der Waals surface area contributed by atoms with Crippen LogP contribution >= 0.6 is 0 Å². The minimum atomic E-state index is -2.85. The van der Waals surface area contributed by atoms with Gasteiger partial charge in [0.1, 0.15) is 0 Å². The predicted molar refractivity (Wildman–Crippen MR) is 79.3 cm³/mol. The third-order valence-electron chi connectivity index (χ3n) is 4.11. The van der Waals surface area contributed by atoms with E-state index in [1.165, 1.54) is 25.0 Å². The first-order valence-electron chi connectivity index (χ1n) is 7.36. The van der Waals surface area contributed by atoms with E-state index in [4.69, 9.17) is 0 Å². The van der Waals surface area contributed by atoms with Crippen LogP contribution in [0.2, 0.25) is 0 Å². The van der Waals surface area contributed by atoms with Gasteiger partial charge < -0.3 is 9.88 Å². The van der Waals surface area contributed by atoms with Gasteiger partial charge in [-0.1, -0.05) is 30.3 Å². The summed E-state index contributed by atoms with van der Waals surface area (Å²) in [4.78, 5) is 0. The smallest absolute Gasteiger partial charge is 0.290 e. The zero-order chi connectivity index (χ0) is 14.9. The summed E-state index contributed by atoms with van der Waals surface area (Å²) in [5, 5.41) is 3.29. The Morgan fingerprint density at radius 3 is 2.57 bits per heavy atom. The highest BCUT2D eigenvalue weighted by molar-refractivity contribution is 5.22. The molecule has 1 unspecified atom stereocenters. The van der Waals surface area contributed by atoms with Crippen LogP contribution in [0.3, 0.4) is 0 Å². The Hall–Kier alpha value is -1.68. The molecule has 2 nitrogen and oxygen atoms in total. The molecule has 1 saturated carbocycles. The van der Waals surface area contributed by atoms with E-state index in [1.54, 1.807) is 29.0 Å². The second kappa shape index (κ2) is 5.60. The first-order chi connectivity index (χ1) is 10.1. The molecule has 0 bridgehead atoms. The van der Waals surface area contributed by atoms with Crippen molar-refractivity contribution in [3.05, 3.63) is 59.9 Å². The molecule has 1 aromatic heterocycles. The van der Waals surface area contributed by atoms with Gasteiger partial charge in [-0.25, -0.2) is 0 Å². The predicted octanol–water partition coefficient (Wildman–Crippen LogP) is 3.95. The second-order valence-electron chi connectivity index (χ2n) is 5.79. The van der Waals surface area contributed by atoms with E-state index < -0.39 is 5.92 Å². The number of rotatable bonds is 6. The van der Waals surface area contributed by atoms with Crippen LogP contribution in [0.4, 0.5) is 8.78 Å². The Labute approximate surface area is 123 Å². The fourth-order valence-electron chi connectivity index (χ4n) is 2.85. The zero-order valence-corrected chi connectivity index (χ0v) is 12.1. The van der Waals surface area contributed by atoms with Crippen molar-refractivity contribution in [2.45, 2.75) is 31.4 Å². The molecular weight excluding hydrogens is 270 g/mol. The molecule has 2 aromatic rings. The number of halogens is 2. The summed E-state index contributed by atoms with van der Waals surface area (Å²) in [6.07, 6.45) is 6.03. The number of hydrogen-bond acceptors (Lipinski definition) is 1. The van der Waals surface area contributed by atoms with Crippen LogP contribution in [0, 0.1) is 5.92 Å². The van der Waals surface area contributed by atoms with Crippen molar-refractivity contribution in [1.82, 2.24) is 9.88 Å². The molecule has 1 fully saturated rings. The van der Waals surface area contributed by atoms with Crippen LogP contribution in [-0.2, 0) is 12.5 Å². The maximum absolute atomic E-state index is 14.3. The van der Waals surface area contributed by atoms with Gasteiger partial charge in [-0.15, -0.1) is 0 Å². The summed E-state index contributed by atoms with van der Waals surface area (Å²) in [5.41, 5.74) is 1.16. The van der Waals surface area contributed by atoms with Gasteiger partial charge >= 0.3 is 0 Å². The number of nitrogens with zero attached hydrogens (tertiary/aromatic N) is 1. The molecule has 1 aliphatic rings. The molecule has 21 heavy (non-hydrogen) atoms. The molecule has 4 heteroatoms. The molecule has 0 radical (unpaired) electrons. The first kappa shape index (κ1) is 14.3. The van der Waals surface area contributed by atoms with Crippen LogP contribution in [0.15, 0.2) is 48.8 Å². The molecular formula is C17H20F2N2. The van der Waals surface area contributed by atoms with Crippen LogP contribution < -0.4 is 5.32 Å². The molecule has 0 spiro atoms. The molecule has 112 valence electrons. The summed E-state index contributed by atoms with van der Waals surface area (Å²) in [6.45, 7) is -0.321. The average Bonchev–Trinajstić information content (AvgIpc) is 3.21. The minimum Gasteiger partial charge on any atom is -0.348 e. The molecule has 1 N–H and O–H groups in total. The Morgan fingerprint density at radius 1 is 1.24 bits per heavy atom. The van der Waals surface area contributed by atoms with E-state index in [1.807, 2.05) is 19.3 Å². The summed E-state index contributed by atoms with van der Waals surface area (Å²) in [6, 6.07) is 10.2. The van der Waals surface area contributed by atoms with E-state index in [-0.39, 0.29) is 18.2 Å². The maximum atomic E-state index is 14.3. The molecule has 1 atom stereocenters. The highest BCUT2D eigenvalue weighted by Crippen LogP contribution is 2.41. The Morgan fingerprint density at radius 2 is 1.95 bits per heavy atom. The Kier molecular flexibility index (Phi) is 3.81. The first-order valence-corrected chi connectivity index (χ1v) is 7.36. The van der Waals surface area contributed by atoms with Crippen LogP contribution in [-0.4, -0.2) is 11.6 Å². The lowest BCUT2D eigenvalue weighted by atomic mass is 10.1. The highest BCUT2D eigenvalue weighted by atomic mass is 19.3. The Bertz CT molecular complexity index is 588. The van der Waals surface area contributed by atoms with Gasteiger partial charge in [0.05, 0.1) is 6.54 Å². The SMILES string of the molecule is CNC(c1ccn(CC(F)(F)c2ccccc2)c1)C1CC1. The lowest BCUT2D eigenvalue weighted by Gasteiger charge is -2.18. The van der Waals surface area contributed by atoms with Crippen molar-refractivity contribution in [3.63, 3.8) is 0 Å². The number of alkyl halides is 2. The fourth-order valence-corrected chi connectivity index (χ4v) is 2.85. The van der Waals surface area contributed by atoms with Crippen LogP contribution in [0.25, 0.3) is 0 Å². The van der Waals surface area contributed by atoms with Crippen molar-refractivity contribution < 1.29 is 8.78 Å². The number of benzene rings is 1. The molecule has 0 amide bonds. The summed E-state index contributed by atoms with van der Waals surface area (Å²) in [7, 11) is 1.93. The van der Waals surface area contributed by atoms with Gasteiger partial charge in [0.15, 0.2) is 0 Å². The number of hydrogen-bond donors (Lipinski definition) is 1. The molecule has 0 saturated heterocycles. The van der Waals surface area contributed by atoms with Gasteiger partial charge in [-0.05, 0) is 37.4 Å². The average molecular weight is 290 g/mol. The van der Waals surface area contributed by atoms with E-state index in [0.717, 1.165) is 5.56 Å². The molecule has 1 heterocycles. The van der Waals surface area contributed by atoms with E-state index in [0.29, 0.717) is 5.92 Å². The van der Waals surface area contributed by atoms with Gasteiger partial charge in [0.25, 0.3) is 5.92 Å². The van der Waals surface area contributed by atoms with Crippen molar-refractivity contribution >= 4 is 0 Å². The largest absolute Gasteiger partial charge is 0.348 e. The fraction of sp³-hybridized carbons (Fsp3) is 0.412. The summed E-state index contributed by atoms with van der Waals surface area (Å²) >= 11 is 0. The van der Waals surface area contributed by atoms with E-state index in [9.17, 15) is 8.78 Å². The number of nitrogens with one attached hydrogen (secondary N) is 1. The maximum Gasteiger partial charge on any atom is 0.290 e. The van der Waals surface area contributed by atoms with Crippen molar-refractivity contribution in [1.29, 1.82) is 0 Å². The van der Waals surface area contributed by atoms with Gasteiger partial charge in [-0.2, -0.15) is 8.78 Å². The standard InChI is InChI=1S/C17H20F2N2/c1-20-16(13-7-8-13)14-9-10-21(11-14)12-17(18,19)15-5-3-2-4-6-15/h2-6,9-11,13,16,20H,7-8,12H2,1H3. The quantitative estimate of drug-likeness (QED) is 0.852. The lowest BCUT2D eigenvalue weighted by Crippen LogP contribution is -2.21. The molecule has 0 aliphatic heterocycles. The molecule has 1 aromatic carbocycles. The lowest BCUT2D eigenvalue weighted by molar-refractivity contribution is -0.0221. The Balaban J connectivity index is 1.74. The topological polar surface area (TPSA) is 17.0 Å². The monoisotopic (exact) mass is 290 g/mol. The van der Waals surface area contributed by atoms with E-state index in [2.05, 4.69) is 5.32 Å². The van der Waals surface area contributed by atoms with Crippen molar-refractivity contribution in [2.24, 2.45) is 5.92 Å². The second-order valence-corrected chi connectivity index (χ2v) is 5.79. The minimum absolute atomic E-state index is 0.0626. The van der Waals surface area contributed by atoms with E-state index >= 15 is 0 Å². The van der Waals surface area contributed by atoms with Gasteiger partial charge in [0, 0.05) is 24.0 Å². The van der Waals surface area contributed by atoms with Crippen LogP contribution in [0.5, 0.6) is 0 Å². The normalized spacial score (nSPS) is 16.9. The molecule has 3 rings (SSSR count). The van der Waals surface area contributed by atoms with Crippen molar-refractivity contribution in [3.8, 4) is 0 Å². The van der Waals surface area contributed by atoms with Crippen molar-refractivity contribution in [2.75, 3.05) is 7.05 Å². The molecule has 1 aliphatic carbocycles. The van der Waals surface area contributed by atoms with Crippen LogP contribution in [0.1, 0.15) is 30.0 Å². The van der Waals surface area contributed by atoms with Gasteiger partial charge in [0.2, 0.25) is 0 Å². The number of aromatic nitrogens is 1. The zero-order valence-electron chi connectivity index (χ0n) is 12.1. The summed E-state index contributed by atoms with van der Waals surface area (Å²) < 4.78 is 30.1. The summed E-state index contributed by atoms with van der Waals surface area (Å²) in [5.74, 6) is -2.20. The van der Waals surface area contributed by atoms with Gasteiger partial charge in [-0.3, -0.25) is 0 Å². The highest BCUT2D eigenvalue weighted by Gasteiger charge is 2.34. The third kappa shape index (κ3) is 3.16.